The Hall–Kier alpha value is -2.80. The molecule has 1 atom stereocenters. The molecule has 6 nitrogen and oxygen atoms in total. The molecule has 3 aromatic rings. The van der Waals surface area contributed by atoms with Gasteiger partial charge in [-0.15, -0.1) is 10.2 Å². The molecule has 0 saturated heterocycles. The number of hydrogen-bond donors (Lipinski definition) is 1. The van der Waals surface area contributed by atoms with E-state index in [9.17, 15) is 4.79 Å². The summed E-state index contributed by atoms with van der Waals surface area (Å²) in [5, 5.41) is 12.5. The van der Waals surface area contributed by atoms with Crippen molar-refractivity contribution >= 4 is 17.7 Å². The zero-order chi connectivity index (χ0) is 20.9. The number of thioether (sulfide) groups is 1. The second-order valence-electron chi connectivity index (χ2n) is 7.46. The van der Waals surface area contributed by atoms with E-state index < -0.39 is 0 Å². The topological polar surface area (TPSA) is 69.0 Å². The number of ether oxygens (including phenoxy) is 1. The van der Waals surface area contributed by atoms with Crippen LogP contribution >= 0.6 is 11.8 Å². The van der Waals surface area contributed by atoms with E-state index in [2.05, 4.69) is 32.2 Å². The predicted molar refractivity (Wildman–Crippen MR) is 119 cm³/mol. The van der Waals surface area contributed by atoms with Crippen LogP contribution in [0.15, 0.2) is 59.8 Å². The second-order valence-corrected chi connectivity index (χ2v) is 8.77. The number of aryl methyl sites for hydroxylation is 1. The summed E-state index contributed by atoms with van der Waals surface area (Å²) < 4.78 is 7.38. The third-order valence-corrected chi connectivity index (χ3v) is 6.19. The highest BCUT2D eigenvalue weighted by Crippen LogP contribution is 2.29. The molecule has 156 valence electrons. The number of hydrogen-bond acceptors (Lipinski definition) is 5. The van der Waals surface area contributed by atoms with Crippen molar-refractivity contribution in [2.24, 2.45) is 0 Å². The Morgan fingerprint density at radius 2 is 1.90 bits per heavy atom. The smallest absolute Gasteiger partial charge is 0.233 e. The molecule has 1 aliphatic carbocycles. The van der Waals surface area contributed by atoms with Gasteiger partial charge in [0.05, 0.1) is 12.4 Å². The Bertz CT molecular complexity index is 984. The van der Waals surface area contributed by atoms with Gasteiger partial charge in [0.25, 0.3) is 0 Å². The molecule has 7 heteroatoms. The average molecular weight is 423 g/mol. The third kappa shape index (κ3) is 5.02. The van der Waals surface area contributed by atoms with Crippen LogP contribution in [0.25, 0.3) is 11.4 Å². The summed E-state index contributed by atoms with van der Waals surface area (Å²) in [6, 6.07) is 18.5. The van der Waals surface area contributed by atoms with Crippen molar-refractivity contribution in [3.8, 4) is 17.1 Å². The first-order valence-electron chi connectivity index (χ1n) is 10.2. The monoisotopic (exact) mass is 422 g/mol. The number of carbonyl (C=O) groups excluding carboxylic acids is 1. The molecular formula is C23H26N4O2S. The second kappa shape index (κ2) is 9.34. The summed E-state index contributed by atoms with van der Waals surface area (Å²) in [6.07, 6.45) is 3.02. The number of benzene rings is 2. The van der Waals surface area contributed by atoms with E-state index in [0.717, 1.165) is 48.1 Å². The summed E-state index contributed by atoms with van der Waals surface area (Å²) in [6.45, 7) is 2.66. The van der Waals surface area contributed by atoms with Gasteiger partial charge in [-0.25, -0.2) is 0 Å². The average Bonchev–Trinajstić information content (AvgIpc) is 3.51. The molecule has 1 fully saturated rings. The fourth-order valence-electron chi connectivity index (χ4n) is 3.17. The molecule has 1 aromatic heterocycles. The molecule has 0 bridgehead atoms. The van der Waals surface area contributed by atoms with Gasteiger partial charge in [0, 0.05) is 18.2 Å². The molecule has 1 unspecified atom stereocenters. The molecule has 4 rings (SSSR count). The van der Waals surface area contributed by atoms with Crippen molar-refractivity contribution in [1.29, 1.82) is 0 Å². The van der Waals surface area contributed by atoms with E-state index in [-0.39, 0.29) is 11.2 Å². The Morgan fingerprint density at radius 3 is 2.57 bits per heavy atom. The summed E-state index contributed by atoms with van der Waals surface area (Å²) in [4.78, 5) is 12.4. The number of nitrogens with one attached hydrogen (secondary N) is 1. The van der Waals surface area contributed by atoms with Crippen molar-refractivity contribution < 1.29 is 9.53 Å². The van der Waals surface area contributed by atoms with Crippen LogP contribution in [-0.4, -0.2) is 39.1 Å². The number of nitrogens with zero attached hydrogens (tertiary/aromatic N) is 3. The molecule has 1 N–H and O–H groups in total. The minimum Gasteiger partial charge on any atom is -0.497 e. The normalized spacial score (nSPS) is 14.3. The molecule has 0 radical (unpaired) electrons. The molecule has 0 spiro atoms. The molecule has 1 amide bonds. The number of rotatable bonds is 9. The number of amides is 1. The van der Waals surface area contributed by atoms with Gasteiger partial charge in [-0.05, 0) is 56.0 Å². The van der Waals surface area contributed by atoms with Crippen LogP contribution in [0.3, 0.4) is 0 Å². The summed E-state index contributed by atoms with van der Waals surface area (Å²) in [5.41, 5.74) is 2.22. The summed E-state index contributed by atoms with van der Waals surface area (Å²) in [7, 11) is 1.65. The number of carbonyl (C=O) groups is 1. The Balaban J connectivity index is 1.57. The van der Waals surface area contributed by atoms with E-state index >= 15 is 0 Å². The first-order chi connectivity index (χ1) is 14.6. The molecule has 1 heterocycles. The van der Waals surface area contributed by atoms with Gasteiger partial charge < -0.3 is 14.6 Å². The Labute approximate surface area is 181 Å². The Kier molecular flexibility index (Phi) is 6.38. The summed E-state index contributed by atoms with van der Waals surface area (Å²) >= 11 is 1.46. The minimum absolute atomic E-state index is 0.0612. The maximum absolute atomic E-state index is 12.4. The minimum atomic E-state index is -0.228. The van der Waals surface area contributed by atoms with Gasteiger partial charge >= 0.3 is 0 Å². The van der Waals surface area contributed by atoms with E-state index in [1.165, 1.54) is 17.3 Å². The van der Waals surface area contributed by atoms with E-state index in [0.29, 0.717) is 6.04 Å². The van der Waals surface area contributed by atoms with Gasteiger partial charge in [-0.1, -0.05) is 42.1 Å². The molecule has 2 aromatic carbocycles. The first kappa shape index (κ1) is 20.5. The zero-order valence-corrected chi connectivity index (χ0v) is 18.1. The lowest BCUT2D eigenvalue weighted by atomic mass is 10.1. The maximum Gasteiger partial charge on any atom is 0.233 e. The maximum atomic E-state index is 12.4. The van der Waals surface area contributed by atoms with Crippen LogP contribution < -0.4 is 10.1 Å². The van der Waals surface area contributed by atoms with E-state index in [1.807, 2.05) is 49.4 Å². The fourth-order valence-corrected chi connectivity index (χ4v) is 4.06. The number of aromatic nitrogens is 3. The standard InChI is InChI=1S/C23H26N4O2S/c1-16(22(28)24-19-10-11-19)30-23-26-25-21(18-8-12-20(29-2)13-9-18)27(23)15-14-17-6-4-3-5-7-17/h3-9,12-13,16,19H,10-11,14-15H2,1-2H3,(H,24,28). The van der Waals surface area contributed by atoms with Gasteiger partial charge in [-0.3, -0.25) is 4.79 Å². The third-order valence-electron chi connectivity index (χ3n) is 5.11. The van der Waals surface area contributed by atoms with Crippen LogP contribution in [0.4, 0.5) is 0 Å². The van der Waals surface area contributed by atoms with Gasteiger partial charge in [0.15, 0.2) is 11.0 Å². The lowest BCUT2D eigenvalue weighted by Crippen LogP contribution is -2.32. The highest BCUT2D eigenvalue weighted by Gasteiger charge is 2.27. The molecule has 1 saturated carbocycles. The zero-order valence-electron chi connectivity index (χ0n) is 17.2. The molecule has 1 aliphatic rings. The van der Waals surface area contributed by atoms with Crippen molar-refractivity contribution in [3.63, 3.8) is 0 Å². The molecule has 30 heavy (non-hydrogen) atoms. The highest BCUT2D eigenvalue weighted by atomic mass is 32.2. The summed E-state index contributed by atoms with van der Waals surface area (Å²) in [5.74, 6) is 1.66. The number of methoxy groups -OCH3 is 1. The van der Waals surface area contributed by atoms with Gasteiger partial charge in [0.2, 0.25) is 5.91 Å². The van der Waals surface area contributed by atoms with Crippen LogP contribution in [0.2, 0.25) is 0 Å². The van der Waals surface area contributed by atoms with Crippen molar-refractivity contribution in [2.45, 2.75) is 49.2 Å². The van der Waals surface area contributed by atoms with Crippen molar-refractivity contribution in [3.05, 3.63) is 60.2 Å². The van der Waals surface area contributed by atoms with Crippen molar-refractivity contribution in [2.75, 3.05) is 7.11 Å². The van der Waals surface area contributed by atoms with Crippen molar-refractivity contribution in [1.82, 2.24) is 20.1 Å². The Morgan fingerprint density at radius 1 is 1.17 bits per heavy atom. The lowest BCUT2D eigenvalue weighted by molar-refractivity contribution is -0.120. The van der Waals surface area contributed by atoms with E-state index in [1.54, 1.807) is 7.11 Å². The fraction of sp³-hybridized carbons (Fsp3) is 0.348. The quantitative estimate of drug-likeness (QED) is 0.529. The first-order valence-corrected chi connectivity index (χ1v) is 11.1. The van der Waals surface area contributed by atoms with Gasteiger partial charge in [-0.2, -0.15) is 0 Å². The van der Waals surface area contributed by atoms with Crippen LogP contribution in [0.1, 0.15) is 25.3 Å². The largest absolute Gasteiger partial charge is 0.497 e. The molecular weight excluding hydrogens is 396 g/mol. The SMILES string of the molecule is COc1ccc(-c2nnc(SC(C)C(=O)NC3CC3)n2CCc2ccccc2)cc1. The lowest BCUT2D eigenvalue weighted by Gasteiger charge is -2.14. The predicted octanol–water partition coefficient (Wildman–Crippen LogP) is 3.96. The van der Waals surface area contributed by atoms with E-state index in [4.69, 9.17) is 4.74 Å². The highest BCUT2D eigenvalue weighted by molar-refractivity contribution is 8.00. The van der Waals surface area contributed by atoms with Crippen LogP contribution in [0.5, 0.6) is 5.75 Å². The molecule has 0 aliphatic heterocycles. The van der Waals surface area contributed by atoms with Crippen LogP contribution in [0, 0.1) is 0 Å². The van der Waals surface area contributed by atoms with Crippen LogP contribution in [-0.2, 0) is 17.8 Å². The van der Waals surface area contributed by atoms with Gasteiger partial charge in [0.1, 0.15) is 5.75 Å².